The molecule has 0 aliphatic heterocycles. The van der Waals surface area contributed by atoms with Crippen molar-refractivity contribution in [3.8, 4) is 0 Å². The van der Waals surface area contributed by atoms with Crippen LogP contribution in [0.25, 0.3) is 0 Å². The van der Waals surface area contributed by atoms with Crippen LogP contribution < -0.4 is 5.32 Å². The van der Waals surface area contributed by atoms with Crippen molar-refractivity contribution in [2.45, 2.75) is 51.5 Å². The molecule has 13 heavy (non-hydrogen) atoms. The number of aliphatic hydroxyl groups excluding tert-OH is 1. The van der Waals surface area contributed by atoms with E-state index in [-0.39, 0.29) is 6.61 Å². The lowest BCUT2D eigenvalue weighted by atomic mass is 9.89. The molecule has 2 nitrogen and oxygen atoms in total. The molecule has 0 heterocycles. The van der Waals surface area contributed by atoms with E-state index in [0.29, 0.717) is 6.04 Å². The molecule has 0 amide bonds. The first-order valence-electron chi connectivity index (χ1n) is 5.71. The third-order valence-electron chi connectivity index (χ3n) is 3.13. The lowest BCUT2D eigenvalue weighted by molar-refractivity contribution is 0.226. The van der Waals surface area contributed by atoms with Crippen LogP contribution in [-0.2, 0) is 0 Å². The van der Waals surface area contributed by atoms with Gasteiger partial charge in [0.05, 0.1) is 6.61 Å². The highest BCUT2D eigenvalue weighted by Crippen LogP contribution is 2.22. The quantitative estimate of drug-likeness (QED) is 0.686. The fraction of sp³-hybridized carbons (Fsp3) is 1.00. The van der Waals surface area contributed by atoms with E-state index >= 15 is 0 Å². The van der Waals surface area contributed by atoms with Gasteiger partial charge in [0.1, 0.15) is 0 Å². The fourth-order valence-corrected chi connectivity index (χ4v) is 2.06. The highest BCUT2D eigenvalue weighted by molar-refractivity contribution is 4.71. The van der Waals surface area contributed by atoms with Gasteiger partial charge in [-0.25, -0.2) is 0 Å². The predicted octanol–water partition coefficient (Wildman–Crippen LogP) is 1.93. The summed E-state index contributed by atoms with van der Waals surface area (Å²) in [6.07, 6.45) is 8.03. The van der Waals surface area contributed by atoms with Crippen molar-refractivity contribution in [3.05, 3.63) is 0 Å². The van der Waals surface area contributed by atoms with Gasteiger partial charge in [0.2, 0.25) is 0 Å². The molecule has 1 rings (SSSR count). The molecule has 2 N–H and O–H groups in total. The molecule has 1 unspecified atom stereocenters. The average Bonchev–Trinajstić information content (AvgIpc) is 2.21. The van der Waals surface area contributed by atoms with E-state index in [1.165, 1.54) is 32.1 Å². The van der Waals surface area contributed by atoms with Crippen LogP contribution in [0.1, 0.15) is 45.4 Å². The summed E-state index contributed by atoms with van der Waals surface area (Å²) < 4.78 is 0. The molecule has 0 saturated heterocycles. The maximum absolute atomic E-state index is 8.99. The van der Waals surface area contributed by atoms with Gasteiger partial charge >= 0.3 is 0 Å². The van der Waals surface area contributed by atoms with Crippen LogP contribution in [0, 0.1) is 5.92 Å². The third-order valence-corrected chi connectivity index (χ3v) is 3.13. The van der Waals surface area contributed by atoms with E-state index in [0.717, 1.165) is 18.9 Å². The number of hydrogen-bond acceptors (Lipinski definition) is 2. The summed E-state index contributed by atoms with van der Waals surface area (Å²) >= 11 is 0. The van der Waals surface area contributed by atoms with Crippen LogP contribution in [0.15, 0.2) is 0 Å². The van der Waals surface area contributed by atoms with Crippen molar-refractivity contribution in [3.63, 3.8) is 0 Å². The number of nitrogens with one attached hydrogen (secondary N) is 1. The molecule has 1 saturated carbocycles. The summed E-state index contributed by atoms with van der Waals surface area (Å²) in [5, 5.41) is 12.4. The lowest BCUT2D eigenvalue weighted by Crippen LogP contribution is -2.36. The number of rotatable bonds is 5. The summed E-state index contributed by atoms with van der Waals surface area (Å²) in [6, 6.07) is 0.321. The summed E-state index contributed by atoms with van der Waals surface area (Å²) in [6.45, 7) is 3.51. The molecule has 0 aromatic heterocycles. The van der Waals surface area contributed by atoms with Crippen molar-refractivity contribution in [2.24, 2.45) is 5.92 Å². The van der Waals surface area contributed by atoms with Gasteiger partial charge in [-0.05, 0) is 31.7 Å². The number of hydrogen-bond donors (Lipinski definition) is 2. The maximum Gasteiger partial charge on any atom is 0.0584 e. The van der Waals surface area contributed by atoms with E-state index in [4.69, 9.17) is 5.11 Å². The average molecular weight is 185 g/mol. The standard InChI is InChI=1S/C11H23NO/c1-2-11(9-13)12-8-10-6-4-3-5-7-10/h10-13H,2-9H2,1H3. The lowest BCUT2D eigenvalue weighted by Gasteiger charge is -2.24. The minimum atomic E-state index is 0.281. The first kappa shape index (κ1) is 11.0. The van der Waals surface area contributed by atoms with Gasteiger partial charge in [-0.1, -0.05) is 26.2 Å². The van der Waals surface area contributed by atoms with Crippen LogP contribution in [0.4, 0.5) is 0 Å². The van der Waals surface area contributed by atoms with Crippen molar-refractivity contribution in [1.82, 2.24) is 5.32 Å². The molecule has 0 spiro atoms. The molecule has 0 aromatic carbocycles. The summed E-state index contributed by atoms with van der Waals surface area (Å²) in [7, 11) is 0. The van der Waals surface area contributed by atoms with Crippen molar-refractivity contribution in [1.29, 1.82) is 0 Å². The van der Waals surface area contributed by atoms with Crippen molar-refractivity contribution >= 4 is 0 Å². The van der Waals surface area contributed by atoms with E-state index in [1.807, 2.05) is 0 Å². The minimum absolute atomic E-state index is 0.281. The zero-order valence-corrected chi connectivity index (χ0v) is 8.76. The van der Waals surface area contributed by atoms with Gasteiger partial charge in [-0.2, -0.15) is 0 Å². The minimum Gasteiger partial charge on any atom is -0.395 e. The molecule has 0 radical (unpaired) electrons. The second-order valence-electron chi connectivity index (χ2n) is 4.20. The van der Waals surface area contributed by atoms with Crippen LogP contribution in [0.3, 0.4) is 0 Å². The molecule has 78 valence electrons. The Balaban J connectivity index is 2.09. The first-order chi connectivity index (χ1) is 6.36. The molecule has 2 heteroatoms. The van der Waals surface area contributed by atoms with Gasteiger partial charge in [-0.15, -0.1) is 0 Å². The Morgan fingerprint density at radius 1 is 1.31 bits per heavy atom. The van der Waals surface area contributed by atoms with E-state index in [9.17, 15) is 0 Å². The third kappa shape index (κ3) is 4.10. The molecule has 1 atom stereocenters. The molecule has 1 aliphatic rings. The molecule has 0 aromatic rings. The Morgan fingerprint density at radius 2 is 2.00 bits per heavy atom. The number of aliphatic hydroxyl groups is 1. The maximum atomic E-state index is 8.99. The second-order valence-corrected chi connectivity index (χ2v) is 4.20. The highest BCUT2D eigenvalue weighted by atomic mass is 16.3. The van der Waals surface area contributed by atoms with Gasteiger partial charge in [0.25, 0.3) is 0 Å². The SMILES string of the molecule is CCC(CO)NCC1CCCCC1. The van der Waals surface area contributed by atoms with Crippen LogP contribution >= 0.6 is 0 Å². The van der Waals surface area contributed by atoms with Crippen LogP contribution in [0.5, 0.6) is 0 Å². The smallest absolute Gasteiger partial charge is 0.0584 e. The molecule has 1 aliphatic carbocycles. The Labute approximate surface area is 81.7 Å². The van der Waals surface area contributed by atoms with E-state index in [1.54, 1.807) is 0 Å². The highest BCUT2D eigenvalue weighted by Gasteiger charge is 2.14. The zero-order valence-electron chi connectivity index (χ0n) is 8.76. The van der Waals surface area contributed by atoms with Gasteiger partial charge < -0.3 is 10.4 Å². The zero-order chi connectivity index (χ0) is 9.52. The molecular formula is C11H23NO. The van der Waals surface area contributed by atoms with E-state index in [2.05, 4.69) is 12.2 Å². The van der Waals surface area contributed by atoms with Gasteiger partial charge in [0, 0.05) is 6.04 Å². The molecule has 0 bridgehead atoms. The molecule has 1 fully saturated rings. The largest absolute Gasteiger partial charge is 0.395 e. The van der Waals surface area contributed by atoms with Crippen molar-refractivity contribution in [2.75, 3.05) is 13.2 Å². The van der Waals surface area contributed by atoms with Gasteiger partial charge in [-0.3, -0.25) is 0 Å². The normalized spacial score (nSPS) is 21.7. The Bertz CT molecular complexity index is 117. The van der Waals surface area contributed by atoms with Crippen molar-refractivity contribution < 1.29 is 5.11 Å². The predicted molar refractivity (Wildman–Crippen MR) is 55.7 cm³/mol. The van der Waals surface area contributed by atoms with Crippen LogP contribution in [-0.4, -0.2) is 24.3 Å². The topological polar surface area (TPSA) is 32.3 Å². The van der Waals surface area contributed by atoms with E-state index < -0.39 is 0 Å². The summed E-state index contributed by atoms with van der Waals surface area (Å²) in [5.74, 6) is 0.870. The summed E-state index contributed by atoms with van der Waals surface area (Å²) in [5.41, 5.74) is 0. The summed E-state index contributed by atoms with van der Waals surface area (Å²) in [4.78, 5) is 0. The fourth-order valence-electron chi connectivity index (χ4n) is 2.06. The van der Waals surface area contributed by atoms with Crippen LogP contribution in [0.2, 0.25) is 0 Å². The van der Waals surface area contributed by atoms with Gasteiger partial charge in [0.15, 0.2) is 0 Å². The molecular weight excluding hydrogens is 162 g/mol. The Morgan fingerprint density at radius 3 is 2.54 bits per heavy atom. The first-order valence-corrected chi connectivity index (χ1v) is 5.71. The second kappa shape index (κ2) is 6.39. The monoisotopic (exact) mass is 185 g/mol. The Kier molecular flexibility index (Phi) is 5.40. The Hall–Kier alpha value is -0.0800.